The van der Waals surface area contributed by atoms with E-state index in [0.29, 0.717) is 5.82 Å². The van der Waals surface area contributed by atoms with E-state index in [1.165, 1.54) is 0 Å². The summed E-state index contributed by atoms with van der Waals surface area (Å²) in [5, 5.41) is 5.93. The van der Waals surface area contributed by atoms with Crippen LogP contribution in [0.3, 0.4) is 0 Å². The van der Waals surface area contributed by atoms with Gasteiger partial charge in [-0.25, -0.2) is 4.98 Å². The van der Waals surface area contributed by atoms with Crippen molar-refractivity contribution in [3.05, 3.63) is 48.4 Å². The molecule has 0 saturated carbocycles. The Balaban J connectivity index is 2.15. The Morgan fingerprint density at radius 2 is 2.10 bits per heavy atom. The van der Waals surface area contributed by atoms with Gasteiger partial charge in [0.25, 0.3) is 0 Å². The number of hydrogen-bond acceptors (Lipinski definition) is 3. The Morgan fingerprint density at radius 1 is 1.35 bits per heavy atom. The predicted molar refractivity (Wildman–Crippen MR) is 79.5 cm³/mol. The molecule has 20 heavy (non-hydrogen) atoms. The Morgan fingerprint density at radius 3 is 2.65 bits per heavy atom. The van der Waals surface area contributed by atoms with Crippen LogP contribution in [0.2, 0.25) is 0 Å². The minimum atomic E-state index is -0.293. The van der Waals surface area contributed by atoms with Crippen LogP contribution in [0.4, 0.5) is 5.82 Å². The molecule has 0 fully saturated rings. The van der Waals surface area contributed by atoms with Crippen LogP contribution >= 0.6 is 0 Å². The number of aromatic nitrogens is 2. The van der Waals surface area contributed by atoms with Crippen molar-refractivity contribution in [3.63, 3.8) is 0 Å². The van der Waals surface area contributed by atoms with Gasteiger partial charge in [-0.05, 0) is 19.0 Å². The quantitative estimate of drug-likeness (QED) is 0.754. The first-order valence-corrected chi connectivity index (χ1v) is 6.78. The minimum Gasteiger partial charge on any atom is -0.349 e. The normalized spacial score (nSPS) is 13.7. The van der Waals surface area contributed by atoms with E-state index in [-0.39, 0.29) is 17.9 Å². The third-order valence-corrected chi connectivity index (χ3v) is 3.41. The van der Waals surface area contributed by atoms with Crippen molar-refractivity contribution < 1.29 is 4.79 Å². The van der Waals surface area contributed by atoms with Crippen LogP contribution in [0.5, 0.6) is 0 Å². The molecule has 2 atom stereocenters. The van der Waals surface area contributed by atoms with Gasteiger partial charge in [0, 0.05) is 12.1 Å². The molecule has 2 unspecified atom stereocenters. The summed E-state index contributed by atoms with van der Waals surface area (Å²) in [4.78, 5) is 19.2. The van der Waals surface area contributed by atoms with Crippen molar-refractivity contribution in [2.45, 2.75) is 25.3 Å². The molecule has 1 aromatic heterocycles. The highest BCUT2D eigenvalue weighted by molar-refractivity contribution is 5.94. The summed E-state index contributed by atoms with van der Waals surface area (Å²) in [6.07, 6.45) is 4.08. The number of likely N-dealkylation sites (N-methyl/N-ethyl adjacent to an activating group) is 1. The molecule has 0 aliphatic carbocycles. The van der Waals surface area contributed by atoms with E-state index < -0.39 is 0 Å². The number of nitrogens with zero attached hydrogens (tertiary/aromatic N) is 1. The zero-order chi connectivity index (χ0) is 14.4. The van der Waals surface area contributed by atoms with E-state index in [2.05, 4.69) is 39.7 Å². The maximum atomic E-state index is 12.4. The Hall–Kier alpha value is -2.14. The topological polar surface area (TPSA) is 69.8 Å². The fourth-order valence-corrected chi connectivity index (χ4v) is 2.41. The second-order valence-electron chi connectivity index (χ2n) is 4.64. The lowest BCUT2D eigenvalue weighted by atomic mass is 9.88. The van der Waals surface area contributed by atoms with Gasteiger partial charge in [-0.1, -0.05) is 37.3 Å². The summed E-state index contributed by atoms with van der Waals surface area (Å²) in [7, 11) is 1.81. The van der Waals surface area contributed by atoms with Crippen LogP contribution in [0.25, 0.3) is 0 Å². The summed E-state index contributed by atoms with van der Waals surface area (Å²) < 4.78 is 0. The zero-order valence-electron chi connectivity index (χ0n) is 11.8. The number of rotatable bonds is 6. The highest BCUT2D eigenvalue weighted by atomic mass is 16.2. The molecule has 5 nitrogen and oxygen atoms in total. The predicted octanol–water partition coefficient (Wildman–Crippen LogP) is 2.13. The van der Waals surface area contributed by atoms with E-state index in [0.717, 1.165) is 12.0 Å². The van der Waals surface area contributed by atoms with Crippen molar-refractivity contribution >= 4 is 11.7 Å². The van der Waals surface area contributed by atoms with E-state index in [9.17, 15) is 4.79 Å². The van der Waals surface area contributed by atoms with Gasteiger partial charge in [0.1, 0.15) is 0 Å². The van der Waals surface area contributed by atoms with Crippen LogP contribution < -0.4 is 10.6 Å². The summed E-state index contributed by atoms with van der Waals surface area (Å²) in [5.74, 6) is 0.591. The maximum Gasteiger partial charge on any atom is 0.243 e. The van der Waals surface area contributed by atoms with Gasteiger partial charge in [-0.3, -0.25) is 4.79 Å². The molecule has 3 N–H and O–H groups in total. The van der Waals surface area contributed by atoms with Gasteiger partial charge in [-0.2, -0.15) is 0 Å². The van der Waals surface area contributed by atoms with E-state index >= 15 is 0 Å². The van der Waals surface area contributed by atoms with E-state index in [4.69, 9.17) is 0 Å². The summed E-state index contributed by atoms with van der Waals surface area (Å²) in [6, 6.07) is 9.79. The number of hydrogen-bond donors (Lipinski definition) is 3. The largest absolute Gasteiger partial charge is 0.349 e. The average Bonchev–Trinajstić information content (AvgIpc) is 2.98. The first-order chi connectivity index (χ1) is 9.76. The molecule has 0 spiro atoms. The van der Waals surface area contributed by atoms with Crippen molar-refractivity contribution in [1.82, 2.24) is 15.3 Å². The number of aromatic amines is 1. The molecular formula is C15H20N4O. The molecule has 1 amide bonds. The Labute approximate surface area is 118 Å². The second-order valence-corrected chi connectivity index (χ2v) is 4.64. The van der Waals surface area contributed by atoms with Crippen molar-refractivity contribution in [2.24, 2.45) is 0 Å². The number of imidazole rings is 1. The van der Waals surface area contributed by atoms with Gasteiger partial charge < -0.3 is 15.6 Å². The van der Waals surface area contributed by atoms with Crippen LogP contribution in [0, 0.1) is 0 Å². The third-order valence-electron chi connectivity index (χ3n) is 3.41. The fraction of sp³-hybridized carbons (Fsp3) is 0.333. The molecule has 0 aliphatic heterocycles. The molecule has 1 heterocycles. The van der Waals surface area contributed by atoms with Crippen LogP contribution in [-0.2, 0) is 4.79 Å². The van der Waals surface area contributed by atoms with E-state index in [1.54, 1.807) is 19.6 Å². The van der Waals surface area contributed by atoms with Gasteiger partial charge in [0.05, 0.1) is 12.4 Å². The molecule has 0 aliphatic rings. The molecule has 0 radical (unpaired) electrons. The second kappa shape index (κ2) is 6.86. The SMILES string of the molecule is CCC(c1ccccc1)C(NC)C(=O)Nc1c[nH]cn1. The van der Waals surface area contributed by atoms with Crippen molar-refractivity contribution in [2.75, 3.05) is 12.4 Å². The molecule has 0 saturated heterocycles. The van der Waals surface area contributed by atoms with Gasteiger partial charge in [-0.15, -0.1) is 0 Å². The summed E-state index contributed by atoms with van der Waals surface area (Å²) in [6.45, 7) is 2.09. The molecule has 5 heteroatoms. The number of carbonyl (C=O) groups is 1. The number of anilines is 1. The fourth-order valence-electron chi connectivity index (χ4n) is 2.41. The molecule has 2 aromatic rings. The monoisotopic (exact) mass is 272 g/mol. The lowest BCUT2D eigenvalue weighted by Crippen LogP contribution is -2.43. The highest BCUT2D eigenvalue weighted by Gasteiger charge is 2.27. The highest BCUT2D eigenvalue weighted by Crippen LogP contribution is 2.24. The minimum absolute atomic E-state index is 0.0738. The third kappa shape index (κ3) is 3.24. The number of H-pyrrole nitrogens is 1. The first-order valence-electron chi connectivity index (χ1n) is 6.78. The standard InChI is InChI=1S/C15H20N4O/c1-3-12(11-7-5-4-6-8-11)14(16-2)15(20)19-13-9-17-10-18-13/h4-10,12,14,16H,3H2,1-2H3,(H,17,18)(H,19,20). The number of benzene rings is 1. The molecular weight excluding hydrogens is 252 g/mol. The van der Waals surface area contributed by atoms with Gasteiger partial charge in [0.2, 0.25) is 5.91 Å². The number of carbonyl (C=O) groups excluding carboxylic acids is 1. The molecule has 106 valence electrons. The van der Waals surface area contributed by atoms with Crippen LogP contribution in [0.1, 0.15) is 24.8 Å². The van der Waals surface area contributed by atoms with Gasteiger partial charge >= 0.3 is 0 Å². The number of amides is 1. The maximum absolute atomic E-state index is 12.4. The Kier molecular flexibility index (Phi) is 4.90. The lowest BCUT2D eigenvalue weighted by Gasteiger charge is -2.25. The van der Waals surface area contributed by atoms with Crippen LogP contribution in [-0.4, -0.2) is 29.0 Å². The molecule has 2 rings (SSSR count). The molecule has 0 bridgehead atoms. The smallest absolute Gasteiger partial charge is 0.243 e. The first kappa shape index (κ1) is 14.3. The van der Waals surface area contributed by atoms with Gasteiger partial charge in [0.15, 0.2) is 5.82 Å². The lowest BCUT2D eigenvalue weighted by molar-refractivity contribution is -0.118. The summed E-state index contributed by atoms with van der Waals surface area (Å²) in [5.41, 5.74) is 1.16. The molecule has 1 aromatic carbocycles. The zero-order valence-corrected chi connectivity index (χ0v) is 11.8. The van der Waals surface area contributed by atoms with Crippen molar-refractivity contribution in [3.8, 4) is 0 Å². The van der Waals surface area contributed by atoms with Crippen LogP contribution in [0.15, 0.2) is 42.9 Å². The summed E-state index contributed by atoms with van der Waals surface area (Å²) >= 11 is 0. The number of nitrogens with one attached hydrogen (secondary N) is 3. The Bertz CT molecular complexity index is 524. The van der Waals surface area contributed by atoms with Crippen molar-refractivity contribution in [1.29, 1.82) is 0 Å². The van der Waals surface area contributed by atoms with E-state index in [1.807, 2.05) is 18.2 Å². The average molecular weight is 272 g/mol.